The molecule has 13 heavy (non-hydrogen) atoms. The Kier molecular flexibility index (Phi) is 2.64. The number of nitrogens with zero attached hydrogens (tertiary/aromatic N) is 3. The molecule has 0 amide bonds. The molecule has 0 aliphatic carbocycles. The summed E-state index contributed by atoms with van der Waals surface area (Å²) in [4.78, 5) is 9.21. The standard InChI is InChI=1S/C10H17N3/c1-12-6-8-13(9-7-12)10-4-2-3-5-11-10/h3,5H,2,4,6-9H2,1H3. The second kappa shape index (κ2) is 3.92. The van der Waals surface area contributed by atoms with Crippen molar-refractivity contribution in [3.8, 4) is 0 Å². The number of aliphatic imine (C=N–C) groups is 1. The molecule has 3 heteroatoms. The minimum atomic E-state index is 1.13. The van der Waals surface area contributed by atoms with E-state index in [0.717, 1.165) is 25.9 Å². The third-order valence-electron chi connectivity index (χ3n) is 2.73. The van der Waals surface area contributed by atoms with Crippen LogP contribution in [0.4, 0.5) is 0 Å². The molecule has 1 fully saturated rings. The highest BCUT2D eigenvalue weighted by Crippen LogP contribution is 2.09. The molecule has 1 saturated heterocycles. The van der Waals surface area contributed by atoms with Crippen LogP contribution >= 0.6 is 0 Å². The van der Waals surface area contributed by atoms with Gasteiger partial charge in [-0.15, -0.1) is 0 Å². The topological polar surface area (TPSA) is 18.8 Å². The van der Waals surface area contributed by atoms with Gasteiger partial charge >= 0.3 is 0 Å². The molecule has 0 spiro atoms. The van der Waals surface area contributed by atoms with Gasteiger partial charge in [0.05, 0.1) is 0 Å². The summed E-state index contributed by atoms with van der Waals surface area (Å²) in [5.41, 5.74) is 0. The minimum absolute atomic E-state index is 1.13. The maximum absolute atomic E-state index is 4.42. The fraction of sp³-hybridized carbons (Fsp3) is 0.700. The van der Waals surface area contributed by atoms with Crippen LogP contribution in [0, 0.1) is 0 Å². The molecule has 3 nitrogen and oxygen atoms in total. The van der Waals surface area contributed by atoms with E-state index in [1.54, 1.807) is 0 Å². The molecule has 0 saturated carbocycles. The third-order valence-corrected chi connectivity index (χ3v) is 2.73. The monoisotopic (exact) mass is 179 g/mol. The van der Waals surface area contributed by atoms with Gasteiger partial charge in [-0.1, -0.05) is 6.08 Å². The van der Waals surface area contributed by atoms with Crippen molar-refractivity contribution in [1.29, 1.82) is 0 Å². The fourth-order valence-electron chi connectivity index (χ4n) is 1.79. The van der Waals surface area contributed by atoms with Crippen LogP contribution in [0.5, 0.6) is 0 Å². The third kappa shape index (κ3) is 2.10. The van der Waals surface area contributed by atoms with Crippen LogP contribution < -0.4 is 0 Å². The molecule has 0 unspecified atom stereocenters. The number of rotatable bonds is 0. The number of amidine groups is 1. The van der Waals surface area contributed by atoms with Crippen LogP contribution in [0.3, 0.4) is 0 Å². The predicted molar refractivity (Wildman–Crippen MR) is 54.9 cm³/mol. The van der Waals surface area contributed by atoms with Crippen LogP contribution in [-0.4, -0.2) is 48.9 Å². The van der Waals surface area contributed by atoms with Crippen LogP contribution in [0.1, 0.15) is 12.8 Å². The van der Waals surface area contributed by atoms with E-state index < -0.39 is 0 Å². The van der Waals surface area contributed by atoms with Crippen LogP contribution in [-0.2, 0) is 0 Å². The zero-order valence-electron chi connectivity index (χ0n) is 8.24. The summed E-state index contributed by atoms with van der Waals surface area (Å²) in [6, 6.07) is 0. The Balaban J connectivity index is 1.93. The zero-order chi connectivity index (χ0) is 9.10. The maximum atomic E-state index is 4.42. The van der Waals surface area contributed by atoms with E-state index in [-0.39, 0.29) is 0 Å². The Labute approximate surface area is 79.7 Å². The van der Waals surface area contributed by atoms with Gasteiger partial charge in [-0.3, -0.25) is 0 Å². The first kappa shape index (κ1) is 8.75. The molecule has 72 valence electrons. The molecule has 0 N–H and O–H groups in total. The van der Waals surface area contributed by atoms with Crippen molar-refractivity contribution in [2.75, 3.05) is 33.2 Å². The number of hydrogen-bond donors (Lipinski definition) is 0. The first-order valence-electron chi connectivity index (χ1n) is 5.01. The number of piperazine rings is 1. The summed E-state index contributed by atoms with van der Waals surface area (Å²) in [7, 11) is 2.18. The lowest BCUT2D eigenvalue weighted by molar-refractivity contribution is 0.213. The van der Waals surface area contributed by atoms with E-state index in [2.05, 4.69) is 27.9 Å². The van der Waals surface area contributed by atoms with E-state index in [4.69, 9.17) is 0 Å². The molecule has 2 aliphatic heterocycles. The minimum Gasteiger partial charge on any atom is -0.357 e. The Hall–Kier alpha value is -0.830. The summed E-state index contributed by atoms with van der Waals surface area (Å²) in [5.74, 6) is 1.29. The molecular formula is C10H17N3. The van der Waals surface area contributed by atoms with Gasteiger partial charge in [0, 0.05) is 38.8 Å². The number of hydrogen-bond acceptors (Lipinski definition) is 3. The Morgan fingerprint density at radius 1 is 1.23 bits per heavy atom. The van der Waals surface area contributed by atoms with E-state index in [0.29, 0.717) is 0 Å². The second-order valence-electron chi connectivity index (χ2n) is 3.76. The number of likely N-dealkylation sites (N-methyl/N-ethyl adjacent to an activating group) is 1. The lowest BCUT2D eigenvalue weighted by atomic mass is 10.2. The van der Waals surface area contributed by atoms with Crippen LogP contribution in [0.25, 0.3) is 0 Å². The van der Waals surface area contributed by atoms with Crippen molar-refractivity contribution in [1.82, 2.24) is 9.80 Å². The van der Waals surface area contributed by atoms with Crippen LogP contribution in [0.15, 0.2) is 17.3 Å². The van der Waals surface area contributed by atoms with Crippen molar-refractivity contribution in [2.24, 2.45) is 4.99 Å². The van der Waals surface area contributed by atoms with E-state index in [1.807, 2.05) is 6.20 Å². The zero-order valence-corrected chi connectivity index (χ0v) is 8.24. The van der Waals surface area contributed by atoms with Crippen molar-refractivity contribution >= 4 is 5.84 Å². The average molecular weight is 179 g/mol. The molecule has 2 aliphatic rings. The molecule has 0 aromatic heterocycles. The Morgan fingerprint density at radius 2 is 2.00 bits per heavy atom. The van der Waals surface area contributed by atoms with E-state index in [9.17, 15) is 0 Å². The summed E-state index contributed by atoms with van der Waals surface area (Å²) >= 11 is 0. The average Bonchev–Trinajstić information content (AvgIpc) is 2.20. The van der Waals surface area contributed by atoms with Crippen LogP contribution in [0.2, 0.25) is 0 Å². The van der Waals surface area contributed by atoms with Gasteiger partial charge in [0.25, 0.3) is 0 Å². The molecule has 0 aromatic rings. The molecule has 0 radical (unpaired) electrons. The van der Waals surface area contributed by atoms with Crippen molar-refractivity contribution in [2.45, 2.75) is 12.8 Å². The molecule has 2 heterocycles. The summed E-state index contributed by atoms with van der Waals surface area (Å²) in [6.45, 7) is 4.62. The summed E-state index contributed by atoms with van der Waals surface area (Å²) in [6.07, 6.45) is 6.36. The van der Waals surface area contributed by atoms with E-state index >= 15 is 0 Å². The lowest BCUT2D eigenvalue weighted by Gasteiger charge is -2.35. The van der Waals surface area contributed by atoms with Gasteiger partial charge in [-0.05, 0) is 13.5 Å². The number of allylic oxidation sites excluding steroid dienone is 1. The highest BCUT2D eigenvalue weighted by atomic mass is 15.3. The largest absolute Gasteiger partial charge is 0.357 e. The summed E-state index contributed by atoms with van der Waals surface area (Å²) < 4.78 is 0. The van der Waals surface area contributed by atoms with Gasteiger partial charge < -0.3 is 9.80 Å². The van der Waals surface area contributed by atoms with Gasteiger partial charge in [0.2, 0.25) is 0 Å². The quantitative estimate of drug-likeness (QED) is 0.551. The lowest BCUT2D eigenvalue weighted by Crippen LogP contribution is -2.47. The second-order valence-corrected chi connectivity index (χ2v) is 3.76. The fourth-order valence-corrected chi connectivity index (χ4v) is 1.79. The highest BCUT2D eigenvalue weighted by Gasteiger charge is 2.17. The molecule has 2 rings (SSSR count). The van der Waals surface area contributed by atoms with E-state index in [1.165, 1.54) is 18.9 Å². The van der Waals surface area contributed by atoms with Crippen molar-refractivity contribution in [3.05, 3.63) is 12.3 Å². The predicted octanol–water partition coefficient (Wildman–Crippen LogP) is 0.940. The smallest absolute Gasteiger partial charge is 0.104 e. The van der Waals surface area contributed by atoms with Gasteiger partial charge in [-0.25, -0.2) is 4.99 Å². The van der Waals surface area contributed by atoms with Crippen molar-refractivity contribution < 1.29 is 0 Å². The molecule has 0 atom stereocenters. The maximum Gasteiger partial charge on any atom is 0.104 e. The van der Waals surface area contributed by atoms with Gasteiger partial charge in [0.1, 0.15) is 5.84 Å². The van der Waals surface area contributed by atoms with Gasteiger partial charge in [0.15, 0.2) is 0 Å². The SMILES string of the molecule is CN1CCN(C2=NC=CCC2)CC1. The molecule has 0 aromatic carbocycles. The Morgan fingerprint density at radius 3 is 2.62 bits per heavy atom. The highest BCUT2D eigenvalue weighted by molar-refractivity contribution is 5.83. The Bertz CT molecular complexity index is 224. The normalized spacial score (nSPS) is 24.7. The van der Waals surface area contributed by atoms with Crippen molar-refractivity contribution in [3.63, 3.8) is 0 Å². The first-order chi connectivity index (χ1) is 6.36. The molecule has 0 bridgehead atoms. The van der Waals surface area contributed by atoms with Gasteiger partial charge in [-0.2, -0.15) is 0 Å². The molecular weight excluding hydrogens is 162 g/mol. The first-order valence-corrected chi connectivity index (χ1v) is 5.01. The summed E-state index contributed by atoms with van der Waals surface area (Å²) in [5, 5.41) is 0.